The van der Waals surface area contributed by atoms with Gasteiger partial charge in [-0.2, -0.15) is 5.10 Å². The van der Waals surface area contributed by atoms with Crippen LogP contribution in [0.5, 0.6) is 5.75 Å². The van der Waals surface area contributed by atoms with Crippen molar-refractivity contribution in [3.05, 3.63) is 46.9 Å². The van der Waals surface area contributed by atoms with Crippen molar-refractivity contribution in [1.29, 1.82) is 0 Å². The number of pyridine rings is 1. The Kier molecular flexibility index (Phi) is 4.68. The van der Waals surface area contributed by atoms with E-state index >= 15 is 0 Å². The number of ether oxygens (including phenoxy) is 1. The van der Waals surface area contributed by atoms with E-state index in [4.69, 9.17) is 4.74 Å². The van der Waals surface area contributed by atoms with E-state index in [0.717, 1.165) is 22.3 Å². The van der Waals surface area contributed by atoms with Crippen molar-refractivity contribution < 1.29 is 14.6 Å². The molecule has 0 aliphatic carbocycles. The lowest BCUT2D eigenvalue weighted by molar-refractivity contribution is 0.0525. The molecule has 0 bridgehead atoms. The lowest BCUT2D eigenvalue weighted by Crippen LogP contribution is -2.07. The number of benzene rings is 1. The van der Waals surface area contributed by atoms with Gasteiger partial charge < -0.3 is 9.84 Å². The Morgan fingerprint density at radius 1 is 1.23 bits per heavy atom. The standard InChI is InChI=1S/C20H23N3O3/c1-6-26-20(25)14-9-16(17-12(4)7-15(24)8-13(17)5)19-21-18(11(2)3)22-23(19)10-14/h7-11,24H,6H2,1-5H3. The van der Waals surface area contributed by atoms with Gasteiger partial charge in [-0.15, -0.1) is 0 Å². The molecule has 1 N–H and O–H groups in total. The van der Waals surface area contributed by atoms with Crippen LogP contribution in [0.25, 0.3) is 16.8 Å². The van der Waals surface area contributed by atoms with Crippen LogP contribution in [-0.2, 0) is 4.74 Å². The first-order valence-corrected chi connectivity index (χ1v) is 8.69. The zero-order valence-electron chi connectivity index (χ0n) is 15.7. The van der Waals surface area contributed by atoms with Gasteiger partial charge in [-0.25, -0.2) is 14.3 Å². The first kappa shape index (κ1) is 17.9. The van der Waals surface area contributed by atoms with E-state index in [1.54, 1.807) is 35.8 Å². The fourth-order valence-electron chi connectivity index (χ4n) is 3.12. The lowest BCUT2D eigenvalue weighted by Gasteiger charge is -2.13. The summed E-state index contributed by atoms with van der Waals surface area (Å²) >= 11 is 0. The molecule has 0 saturated carbocycles. The summed E-state index contributed by atoms with van der Waals surface area (Å²) in [6.45, 7) is 9.98. The number of esters is 1. The van der Waals surface area contributed by atoms with Gasteiger partial charge in [0.15, 0.2) is 11.5 Å². The molecule has 0 atom stereocenters. The zero-order chi connectivity index (χ0) is 19.0. The maximum absolute atomic E-state index is 12.3. The fraction of sp³-hybridized carbons (Fsp3) is 0.350. The summed E-state index contributed by atoms with van der Waals surface area (Å²) < 4.78 is 6.80. The Morgan fingerprint density at radius 2 is 1.88 bits per heavy atom. The Morgan fingerprint density at radius 3 is 2.46 bits per heavy atom. The smallest absolute Gasteiger partial charge is 0.339 e. The first-order valence-electron chi connectivity index (χ1n) is 8.69. The number of nitrogens with zero attached hydrogens (tertiary/aromatic N) is 3. The Bertz CT molecular complexity index is 966. The second kappa shape index (κ2) is 6.78. The third-order valence-electron chi connectivity index (χ3n) is 4.26. The van der Waals surface area contributed by atoms with Crippen LogP contribution in [0.15, 0.2) is 24.4 Å². The number of rotatable bonds is 4. The highest BCUT2D eigenvalue weighted by molar-refractivity contribution is 5.93. The molecule has 0 aliphatic heterocycles. The van der Waals surface area contributed by atoms with Crippen LogP contribution in [0.1, 0.15) is 54.0 Å². The van der Waals surface area contributed by atoms with Gasteiger partial charge in [-0.3, -0.25) is 0 Å². The summed E-state index contributed by atoms with van der Waals surface area (Å²) in [5.41, 5.74) is 4.63. The highest BCUT2D eigenvalue weighted by atomic mass is 16.5. The molecule has 1 aromatic carbocycles. The van der Waals surface area contributed by atoms with Gasteiger partial charge in [-0.1, -0.05) is 13.8 Å². The molecular weight excluding hydrogens is 330 g/mol. The lowest BCUT2D eigenvalue weighted by atomic mass is 9.95. The molecule has 0 saturated heterocycles. The molecule has 0 unspecified atom stereocenters. The first-order chi connectivity index (χ1) is 12.3. The van der Waals surface area contributed by atoms with Crippen LogP contribution < -0.4 is 0 Å². The highest BCUT2D eigenvalue weighted by Crippen LogP contribution is 2.34. The maximum atomic E-state index is 12.3. The number of phenols is 1. The third-order valence-corrected chi connectivity index (χ3v) is 4.26. The second-order valence-corrected chi connectivity index (χ2v) is 6.71. The second-order valence-electron chi connectivity index (χ2n) is 6.71. The van der Waals surface area contributed by atoms with Crippen LogP contribution in [0.2, 0.25) is 0 Å². The van der Waals surface area contributed by atoms with Gasteiger partial charge >= 0.3 is 5.97 Å². The van der Waals surface area contributed by atoms with Crippen LogP contribution in [-0.4, -0.2) is 32.3 Å². The van der Waals surface area contributed by atoms with Crippen molar-refractivity contribution in [3.8, 4) is 16.9 Å². The van der Waals surface area contributed by atoms with Gasteiger partial charge in [0.25, 0.3) is 0 Å². The molecule has 0 aliphatic rings. The molecule has 2 aromatic heterocycles. The maximum Gasteiger partial charge on any atom is 0.339 e. The van der Waals surface area contributed by atoms with Crippen molar-refractivity contribution >= 4 is 11.6 Å². The van der Waals surface area contributed by atoms with E-state index < -0.39 is 5.97 Å². The van der Waals surface area contributed by atoms with Crippen LogP contribution in [0, 0.1) is 13.8 Å². The number of hydrogen-bond donors (Lipinski definition) is 1. The van der Waals surface area contributed by atoms with Crippen molar-refractivity contribution in [2.75, 3.05) is 6.61 Å². The Labute approximate surface area is 152 Å². The Hall–Kier alpha value is -2.89. The van der Waals surface area contributed by atoms with Crippen molar-refractivity contribution in [3.63, 3.8) is 0 Å². The van der Waals surface area contributed by atoms with E-state index in [9.17, 15) is 9.90 Å². The van der Waals surface area contributed by atoms with E-state index in [-0.39, 0.29) is 11.7 Å². The summed E-state index contributed by atoms with van der Waals surface area (Å²) in [6.07, 6.45) is 1.65. The van der Waals surface area contributed by atoms with Crippen LogP contribution in [0.4, 0.5) is 0 Å². The fourth-order valence-corrected chi connectivity index (χ4v) is 3.12. The number of carbonyl (C=O) groups excluding carboxylic acids is 1. The largest absolute Gasteiger partial charge is 0.508 e. The number of carbonyl (C=O) groups is 1. The SMILES string of the molecule is CCOC(=O)c1cc(-c2c(C)cc(O)cc2C)c2nc(C(C)C)nn2c1. The number of aryl methyl sites for hydroxylation is 2. The minimum absolute atomic E-state index is 0.163. The molecular formula is C20H23N3O3. The Balaban J connectivity index is 2.33. The quantitative estimate of drug-likeness (QED) is 0.717. The normalized spacial score (nSPS) is 11.3. The summed E-state index contributed by atoms with van der Waals surface area (Å²) in [5.74, 6) is 0.689. The molecule has 0 radical (unpaired) electrons. The van der Waals surface area contributed by atoms with Crippen molar-refractivity contribution in [1.82, 2.24) is 14.6 Å². The highest BCUT2D eigenvalue weighted by Gasteiger charge is 2.19. The topological polar surface area (TPSA) is 76.7 Å². The van der Waals surface area contributed by atoms with E-state index in [0.29, 0.717) is 23.6 Å². The summed E-state index contributed by atoms with van der Waals surface area (Å²) in [4.78, 5) is 17.0. The van der Waals surface area contributed by atoms with Gasteiger partial charge in [0.1, 0.15) is 5.75 Å². The van der Waals surface area contributed by atoms with Crippen molar-refractivity contribution in [2.24, 2.45) is 0 Å². The molecule has 3 aromatic rings. The van der Waals surface area contributed by atoms with E-state index in [1.165, 1.54) is 0 Å². The zero-order valence-corrected chi connectivity index (χ0v) is 15.7. The van der Waals surface area contributed by atoms with Gasteiger partial charge in [0.05, 0.1) is 12.2 Å². The van der Waals surface area contributed by atoms with Crippen molar-refractivity contribution in [2.45, 2.75) is 40.5 Å². The molecule has 0 fully saturated rings. The molecule has 3 rings (SSSR count). The van der Waals surface area contributed by atoms with E-state index in [2.05, 4.69) is 10.1 Å². The van der Waals surface area contributed by atoms with E-state index in [1.807, 2.05) is 27.7 Å². The summed E-state index contributed by atoms with van der Waals surface area (Å²) in [7, 11) is 0. The molecule has 0 amide bonds. The number of aromatic nitrogens is 3. The minimum atomic E-state index is -0.397. The average Bonchev–Trinajstić information content (AvgIpc) is 2.98. The summed E-state index contributed by atoms with van der Waals surface area (Å²) in [6, 6.07) is 5.20. The number of phenolic OH excluding ortho intramolecular Hbond substituents is 1. The van der Waals surface area contributed by atoms with Crippen LogP contribution in [0.3, 0.4) is 0 Å². The molecule has 2 heterocycles. The molecule has 6 heteroatoms. The molecule has 0 spiro atoms. The number of fused-ring (bicyclic) bond motifs is 1. The third kappa shape index (κ3) is 3.14. The monoisotopic (exact) mass is 353 g/mol. The summed E-state index contributed by atoms with van der Waals surface area (Å²) in [5, 5.41) is 14.4. The minimum Gasteiger partial charge on any atom is -0.508 e. The van der Waals surface area contributed by atoms with Gasteiger partial charge in [-0.05, 0) is 55.7 Å². The number of hydrogen-bond acceptors (Lipinski definition) is 5. The predicted molar refractivity (Wildman–Crippen MR) is 99.6 cm³/mol. The molecule has 26 heavy (non-hydrogen) atoms. The molecule has 136 valence electrons. The number of aromatic hydroxyl groups is 1. The molecule has 6 nitrogen and oxygen atoms in total. The van der Waals surface area contributed by atoms with Crippen LogP contribution >= 0.6 is 0 Å². The van der Waals surface area contributed by atoms with Gasteiger partial charge in [0.2, 0.25) is 0 Å². The predicted octanol–water partition coefficient (Wildman–Crippen LogP) is 4.02. The average molecular weight is 353 g/mol. The van der Waals surface area contributed by atoms with Gasteiger partial charge in [0, 0.05) is 17.7 Å².